The molecule has 6 nitrogen and oxygen atoms in total. The average Bonchev–Trinajstić information content (AvgIpc) is 3.13. The molecule has 0 unspecified atom stereocenters. The Morgan fingerprint density at radius 3 is 2.67 bits per heavy atom. The summed E-state index contributed by atoms with van der Waals surface area (Å²) in [6, 6.07) is 7.91. The Morgan fingerprint density at radius 2 is 2.03 bits per heavy atom. The summed E-state index contributed by atoms with van der Waals surface area (Å²) in [5, 5.41) is 3.15. The number of carbonyl (C=O) groups excluding carboxylic acids is 3. The van der Waals surface area contributed by atoms with E-state index in [-0.39, 0.29) is 17.8 Å². The lowest BCUT2D eigenvalue weighted by atomic mass is 9.84. The number of benzene rings is 1. The largest absolute Gasteiger partial charge is 0.464 e. The van der Waals surface area contributed by atoms with Crippen molar-refractivity contribution in [2.24, 2.45) is 0 Å². The van der Waals surface area contributed by atoms with Crippen molar-refractivity contribution in [3.05, 3.63) is 29.8 Å². The Bertz CT molecular complexity index is 767. The van der Waals surface area contributed by atoms with Crippen molar-refractivity contribution >= 4 is 29.5 Å². The molecule has 30 heavy (non-hydrogen) atoms. The predicted molar refractivity (Wildman–Crippen MR) is 117 cm³/mol. The van der Waals surface area contributed by atoms with Gasteiger partial charge in [-0.25, -0.2) is 4.79 Å². The highest BCUT2D eigenvalue weighted by Crippen LogP contribution is 2.31. The number of ether oxygens (including phenoxy) is 1. The van der Waals surface area contributed by atoms with E-state index in [1.54, 1.807) is 23.6 Å². The van der Waals surface area contributed by atoms with Gasteiger partial charge in [-0.05, 0) is 69.4 Å². The van der Waals surface area contributed by atoms with Gasteiger partial charge in [0.05, 0.1) is 6.61 Å². The SMILES string of the molecule is CCOC(=O)[C@@H]1CCCCN1C(=O)CC[C@@]1(Cc2ccc(SC)cc2)CCC(=O)N1. The maximum Gasteiger partial charge on any atom is 0.328 e. The molecule has 1 aromatic rings. The number of piperidine rings is 1. The summed E-state index contributed by atoms with van der Waals surface area (Å²) in [6.07, 6.45) is 7.37. The lowest BCUT2D eigenvalue weighted by molar-refractivity contribution is -0.156. The number of rotatable bonds is 8. The van der Waals surface area contributed by atoms with Crippen LogP contribution in [0.3, 0.4) is 0 Å². The van der Waals surface area contributed by atoms with Crippen molar-refractivity contribution in [2.75, 3.05) is 19.4 Å². The van der Waals surface area contributed by atoms with Gasteiger partial charge in [0.1, 0.15) is 6.04 Å². The zero-order valence-electron chi connectivity index (χ0n) is 17.9. The molecule has 2 aliphatic rings. The van der Waals surface area contributed by atoms with E-state index in [4.69, 9.17) is 4.74 Å². The zero-order chi connectivity index (χ0) is 21.6. The third-order valence-corrected chi connectivity index (χ3v) is 6.88. The molecule has 2 heterocycles. The van der Waals surface area contributed by atoms with Crippen LogP contribution in [0.1, 0.15) is 57.4 Å². The van der Waals surface area contributed by atoms with Crippen LogP contribution in [0, 0.1) is 0 Å². The van der Waals surface area contributed by atoms with E-state index >= 15 is 0 Å². The number of amides is 2. The van der Waals surface area contributed by atoms with Gasteiger partial charge in [0.15, 0.2) is 0 Å². The lowest BCUT2D eigenvalue weighted by Gasteiger charge is -2.35. The van der Waals surface area contributed by atoms with E-state index in [0.717, 1.165) is 24.8 Å². The van der Waals surface area contributed by atoms with Crippen molar-refractivity contribution in [3.63, 3.8) is 0 Å². The molecule has 2 amide bonds. The Balaban J connectivity index is 1.66. The number of likely N-dealkylation sites (tertiary alicyclic amines) is 1. The highest BCUT2D eigenvalue weighted by molar-refractivity contribution is 7.98. The fourth-order valence-corrected chi connectivity index (χ4v) is 4.93. The van der Waals surface area contributed by atoms with Crippen LogP contribution in [0.15, 0.2) is 29.2 Å². The van der Waals surface area contributed by atoms with Gasteiger partial charge < -0.3 is 15.0 Å². The van der Waals surface area contributed by atoms with E-state index in [2.05, 4.69) is 29.6 Å². The molecule has 0 radical (unpaired) electrons. The van der Waals surface area contributed by atoms with Crippen molar-refractivity contribution < 1.29 is 19.1 Å². The minimum Gasteiger partial charge on any atom is -0.464 e. The molecule has 3 rings (SSSR count). The molecule has 1 aromatic carbocycles. The predicted octanol–water partition coefficient (Wildman–Crippen LogP) is 3.32. The van der Waals surface area contributed by atoms with E-state index < -0.39 is 11.6 Å². The molecule has 0 saturated carbocycles. The van der Waals surface area contributed by atoms with Crippen molar-refractivity contribution in [2.45, 2.75) is 74.8 Å². The highest BCUT2D eigenvalue weighted by atomic mass is 32.2. The zero-order valence-corrected chi connectivity index (χ0v) is 18.8. The number of thioether (sulfide) groups is 1. The van der Waals surface area contributed by atoms with Gasteiger partial charge in [-0.1, -0.05) is 12.1 Å². The summed E-state index contributed by atoms with van der Waals surface area (Å²) in [5.74, 6) is -0.278. The van der Waals surface area contributed by atoms with Gasteiger partial charge in [0.25, 0.3) is 0 Å². The molecule has 2 saturated heterocycles. The number of hydrogen-bond acceptors (Lipinski definition) is 5. The van der Waals surface area contributed by atoms with Crippen molar-refractivity contribution in [1.82, 2.24) is 10.2 Å². The molecule has 2 fully saturated rings. The third kappa shape index (κ3) is 5.56. The maximum atomic E-state index is 13.0. The monoisotopic (exact) mass is 432 g/mol. The van der Waals surface area contributed by atoms with Gasteiger partial charge in [0, 0.05) is 29.8 Å². The van der Waals surface area contributed by atoms with Crippen LogP contribution in [-0.4, -0.2) is 53.7 Å². The summed E-state index contributed by atoms with van der Waals surface area (Å²) in [6.45, 7) is 2.70. The smallest absolute Gasteiger partial charge is 0.328 e. The van der Waals surface area contributed by atoms with E-state index in [1.165, 1.54) is 4.90 Å². The highest BCUT2D eigenvalue weighted by Gasteiger charge is 2.39. The summed E-state index contributed by atoms with van der Waals surface area (Å²) in [5.41, 5.74) is 0.757. The molecular formula is C23H32N2O4S. The van der Waals surface area contributed by atoms with Gasteiger partial charge in [-0.3, -0.25) is 9.59 Å². The van der Waals surface area contributed by atoms with Gasteiger partial charge in [-0.15, -0.1) is 11.8 Å². The Labute approximate surface area is 183 Å². The van der Waals surface area contributed by atoms with Crippen LogP contribution >= 0.6 is 11.8 Å². The second-order valence-corrected chi connectivity index (χ2v) is 9.08. The number of nitrogens with zero attached hydrogens (tertiary/aromatic N) is 1. The van der Waals surface area contributed by atoms with Crippen LogP contribution < -0.4 is 5.32 Å². The summed E-state index contributed by atoms with van der Waals surface area (Å²) >= 11 is 1.70. The quantitative estimate of drug-likeness (QED) is 0.504. The molecule has 0 spiro atoms. The van der Waals surface area contributed by atoms with E-state index in [9.17, 15) is 14.4 Å². The molecule has 1 N–H and O–H groups in total. The van der Waals surface area contributed by atoms with Crippen molar-refractivity contribution in [3.8, 4) is 0 Å². The molecule has 2 atom stereocenters. The average molecular weight is 433 g/mol. The Hall–Kier alpha value is -2.02. The molecule has 7 heteroatoms. The van der Waals surface area contributed by atoms with E-state index in [1.807, 2.05) is 6.26 Å². The van der Waals surface area contributed by atoms with Gasteiger partial charge in [0.2, 0.25) is 11.8 Å². The minimum atomic E-state index is -0.473. The molecule has 0 bridgehead atoms. The number of nitrogens with one attached hydrogen (secondary N) is 1. The summed E-state index contributed by atoms with van der Waals surface area (Å²) < 4.78 is 5.18. The first kappa shape index (κ1) is 22.7. The molecule has 0 aromatic heterocycles. The first-order valence-corrected chi connectivity index (χ1v) is 12.1. The number of hydrogen-bond donors (Lipinski definition) is 1. The first-order chi connectivity index (χ1) is 14.5. The van der Waals surface area contributed by atoms with Crippen LogP contribution in [0.5, 0.6) is 0 Å². The normalized spacial score (nSPS) is 23.9. The molecular weight excluding hydrogens is 400 g/mol. The van der Waals surface area contributed by atoms with Crippen molar-refractivity contribution in [1.29, 1.82) is 0 Å². The molecule has 0 aliphatic carbocycles. The summed E-state index contributed by atoms with van der Waals surface area (Å²) in [4.78, 5) is 40.3. The minimum absolute atomic E-state index is 0.0222. The molecule has 2 aliphatic heterocycles. The van der Waals surface area contributed by atoms with Crippen LogP contribution in [0.4, 0.5) is 0 Å². The van der Waals surface area contributed by atoms with Crippen LogP contribution in [-0.2, 0) is 25.5 Å². The van der Waals surface area contributed by atoms with E-state index in [0.29, 0.717) is 45.3 Å². The summed E-state index contributed by atoms with van der Waals surface area (Å²) in [7, 11) is 0. The van der Waals surface area contributed by atoms with Crippen LogP contribution in [0.2, 0.25) is 0 Å². The lowest BCUT2D eigenvalue weighted by Crippen LogP contribution is -2.50. The Morgan fingerprint density at radius 1 is 1.27 bits per heavy atom. The maximum absolute atomic E-state index is 13.0. The second-order valence-electron chi connectivity index (χ2n) is 8.20. The number of esters is 1. The van der Waals surface area contributed by atoms with Gasteiger partial charge in [-0.2, -0.15) is 0 Å². The first-order valence-electron chi connectivity index (χ1n) is 10.9. The van der Waals surface area contributed by atoms with Crippen LogP contribution in [0.25, 0.3) is 0 Å². The standard InChI is InChI=1S/C23H32N2O4S/c1-3-29-22(28)19-6-4-5-15-25(19)21(27)12-14-23(13-11-20(26)24-23)16-17-7-9-18(30-2)10-8-17/h7-10,19H,3-6,11-16H2,1-2H3,(H,24,26)/t19-,23+/m0/s1. The Kier molecular flexibility index (Phi) is 7.81. The molecule has 164 valence electrons. The van der Waals surface area contributed by atoms with Gasteiger partial charge >= 0.3 is 5.97 Å². The number of carbonyl (C=O) groups is 3. The fourth-order valence-electron chi connectivity index (χ4n) is 4.52. The topological polar surface area (TPSA) is 75.7 Å². The third-order valence-electron chi connectivity index (χ3n) is 6.14. The fraction of sp³-hybridized carbons (Fsp3) is 0.609. The second kappa shape index (κ2) is 10.3.